The van der Waals surface area contributed by atoms with Crippen molar-refractivity contribution in [1.29, 1.82) is 0 Å². The van der Waals surface area contributed by atoms with Gasteiger partial charge in [0.1, 0.15) is 12.1 Å². The highest BCUT2D eigenvalue weighted by Gasteiger charge is 2.18. The Balaban J connectivity index is 1.39. The van der Waals surface area contributed by atoms with Crippen LogP contribution in [0.1, 0.15) is 16.5 Å². The summed E-state index contributed by atoms with van der Waals surface area (Å²) in [7, 11) is 0. The lowest BCUT2D eigenvalue weighted by Crippen LogP contribution is -2.32. The maximum absolute atomic E-state index is 12.5. The lowest BCUT2D eigenvalue weighted by atomic mass is 10.1. The summed E-state index contributed by atoms with van der Waals surface area (Å²) < 4.78 is 7.17. The number of carbonyl (C=O) groups excluding carboxylic acids is 1. The van der Waals surface area contributed by atoms with Crippen LogP contribution in [-0.4, -0.2) is 32.7 Å². The van der Waals surface area contributed by atoms with Crippen molar-refractivity contribution in [3.63, 3.8) is 0 Å². The molecule has 0 unspecified atom stereocenters. The van der Waals surface area contributed by atoms with Gasteiger partial charge in [0.2, 0.25) is 0 Å². The molecule has 0 radical (unpaired) electrons. The molecular formula is C20H17N5O2S. The van der Waals surface area contributed by atoms with Gasteiger partial charge in [-0.25, -0.2) is 4.68 Å². The van der Waals surface area contributed by atoms with Crippen molar-refractivity contribution in [3.05, 3.63) is 88.9 Å². The van der Waals surface area contributed by atoms with E-state index in [0.717, 1.165) is 16.1 Å². The summed E-state index contributed by atoms with van der Waals surface area (Å²) in [6, 6.07) is 20.9. The molecule has 0 aliphatic carbocycles. The number of carbonyl (C=O) groups is 1. The molecule has 1 atom stereocenters. The van der Waals surface area contributed by atoms with Crippen molar-refractivity contribution in [1.82, 2.24) is 25.5 Å². The molecule has 4 rings (SSSR count). The Bertz CT molecular complexity index is 1000. The minimum atomic E-state index is -0.195. The number of benzene rings is 2. The van der Waals surface area contributed by atoms with Crippen LogP contribution < -0.4 is 10.1 Å². The third-order valence-electron chi connectivity index (χ3n) is 4.09. The molecule has 1 N–H and O–H groups in total. The van der Waals surface area contributed by atoms with Crippen LogP contribution in [0.4, 0.5) is 0 Å². The molecule has 7 nitrogen and oxygen atoms in total. The topological polar surface area (TPSA) is 81.9 Å². The summed E-state index contributed by atoms with van der Waals surface area (Å²) in [5.74, 6) is 0.408. The fourth-order valence-corrected chi connectivity index (χ4v) is 3.55. The highest BCUT2D eigenvalue weighted by molar-refractivity contribution is 7.10. The lowest BCUT2D eigenvalue weighted by molar-refractivity contribution is -0.123. The van der Waals surface area contributed by atoms with E-state index in [1.807, 2.05) is 60.0 Å². The maximum Gasteiger partial charge on any atom is 0.258 e. The van der Waals surface area contributed by atoms with Gasteiger partial charge in [0.15, 0.2) is 6.61 Å². The van der Waals surface area contributed by atoms with Crippen molar-refractivity contribution in [2.24, 2.45) is 0 Å². The first-order chi connectivity index (χ1) is 13.8. The van der Waals surface area contributed by atoms with Crippen LogP contribution in [0.3, 0.4) is 0 Å². The zero-order chi connectivity index (χ0) is 19.2. The lowest BCUT2D eigenvalue weighted by Gasteiger charge is -2.18. The van der Waals surface area contributed by atoms with Crippen LogP contribution in [0.5, 0.6) is 5.75 Å². The van der Waals surface area contributed by atoms with Gasteiger partial charge < -0.3 is 10.1 Å². The standard InChI is InChI=1S/C20H17N5O2S/c26-19(13-27-17-10-8-16(9-11-17)25-14-21-23-24-25)22-20(18-7-4-12-28-18)15-5-2-1-3-6-15/h1-12,14,20H,13H2,(H,22,26)/t20-/m0/s1. The normalized spacial score (nSPS) is 11.7. The van der Waals surface area contributed by atoms with E-state index in [4.69, 9.17) is 4.74 Å². The summed E-state index contributed by atoms with van der Waals surface area (Å²) in [5.41, 5.74) is 1.84. The quantitative estimate of drug-likeness (QED) is 0.524. The fourth-order valence-electron chi connectivity index (χ4n) is 2.75. The van der Waals surface area contributed by atoms with Crippen molar-refractivity contribution in [3.8, 4) is 11.4 Å². The zero-order valence-corrected chi connectivity index (χ0v) is 15.6. The van der Waals surface area contributed by atoms with E-state index in [1.54, 1.807) is 28.2 Å². The third-order valence-corrected chi connectivity index (χ3v) is 5.02. The van der Waals surface area contributed by atoms with Gasteiger partial charge >= 0.3 is 0 Å². The molecule has 28 heavy (non-hydrogen) atoms. The van der Waals surface area contributed by atoms with E-state index in [9.17, 15) is 4.79 Å². The second kappa shape index (κ2) is 8.45. The average molecular weight is 391 g/mol. The summed E-state index contributed by atoms with van der Waals surface area (Å²) in [6.45, 7) is -0.0705. The Kier molecular flexibility index (Phi) is 5.39. The molecule has 1 amide bonds. The first-order valence-corrected chi connectivity index (χ1v) is 9.51. The van der Waals surface area contributed by atoms with Crippen LogP contribution in [0.25, 0.3) is 5.69 Å². The first-order valence-electron chi connectivity index (χ1n) is 8.63. The van der Waals surface area contributed by atoms with E-state index >= 15 is 0 Å². The van der Waals surface area contributed by atoms with Crippen LogP contribution in [0, 0.1) is 0 Å². The number of tetrazole rings is 1. The summed E-state index contributed by atoms with van der Waals surface area (Å²) >= 11 is 1.61. The van der Waals surface area contributed by atoms with Gasteiger partial charge in [-0.2, -0.15) is 0 Å². The second-order valence-electron chi connectivity index (χ2n) is 5.96. The smallest absolute Gasteiger partial charge is 0.258 e. The second-order valence-corrected chi connectivity index (χ2v) is 6.94. The van der Waals surface area contributed by atoms with Crippen molar-refractivity contribution in [2.45, 2.75) is 6.04 Å². The molecule has 0 aliphatic heterocycles. The van der Waals surface area contributed by atoms with Crippen LogP contribution in [-0.2, 0) is 4.79 Å². The van der Waals surface area contributed by atoms with E-state index in [2.05, 4.69) is 20.8 Å². The van der Waals surface area contributed by atoms with E-state index in [0.29, 0.717) is 5.75 Å². The predicted octanol–water partition coefficient (Wildman–Crippen LogP) is 3.01. The van der Waals surface area contributed by atoms with Crippen LogP contribution in [0.2, 0.25) is 0 Å². The molecule has 0 saturated heterocycles. The van der Waals surface area contributed by atoms with Crippen molar-refractivity contribution in [2.75, 3.05) is 6.61 Å². The molecule has 2 heterocycles. The molecule has 140 valence electrons. The van der Waals surface area contributed by atoms with E-state index < -0.39 is 0 Å². The monoisotopic (exact) mass is 391 g/mol. The Labute approximate surface area is 165 Å². The predicted molar refractivity (Wildman–Crippen MR) is 105 cm³/mol. The van der Waals surface area contributed by atoms with Gasteiger partial charge in [-0.1, -0.05) is 36.4 Å². The number of aromatic nitrogens is 4. The number of hydrogen-bond acceptors (Lipinski definition) is 6. The first kappa shape index (κ1) is 17.9. The minimum absolute atomic E-state index is 0.0705. The highest BCUT2D eigenvalue weighted by Crippen LogP contribution is 2.25. The van der Waals surface area contributed by atoms with E-state index in [-0.39, 0.29) is 18.6 Å². The number of ether oxygens (including phenoxy) is 1. The molecule has 0 aliphatic rings. The number of nitrogens with one attached hydrogen (secondary N) is 1. The number of hydrogen-bond donors (Lipinski definition) is 1. The molecule has 8 heteroatoms. The van der Waals surface area contributed by atoms with Gasteiger partial charge in [-0.3, -0.25) is 4.79 Å². The molecule has 2 aromatic carbocycles. The Morgan fingerprint density at radius 3 is 2.57 bits per heavy atom. The molecule has 0 saturated carbocycles. The molecule has 4 aromatic rings. The number of rotatable bonds is 7. The summed E-state index contributed by atoms with van der Waals surface area (Å²) in [6.07, 6.45) is 1.51. The molecule has 0 spiro atoms. The van der Waals surface area contributed by atoms with Crippen LogP contribution >= 0.6 is 11.3 Å². The summed E-state index contributed by atoms with van der Waals surface area (Å²) in [5, 5.41) is 16.1. The summed E-state index contributed by atoms with van der Waals surface area (Å²) in [4.78, 5) is 13.6. The van der Waals surface area contributed by atoms with Gasteiger partial charge in [-0.05, 0) is 51.7 Å². The SMILES string of the molecule is O=C(COc1ccc(-n2cnnn2)cc1)N[C@@H](c1ccccc1)c1cccs1. The molecule has 0 bridgehead atoms. The largest absolute Gasteiger partial charge is 0.484 e. The molecule has 0 fully saturated rings. The van der Waals surface area contributed by atoms with Crippen molar-refractivity contribution >= 4 is 17.2 Å². The minimum Gasteiger partial charge on any atom is -0.484 e. The van der Waals surface area contributed by atoms with E-state index in [1.165, 1.54) is 6.33 Å². The third kappa shape index (κ3) is 4.24. The number of nitrogens with zero attached hydrogens (tertiary/aromatic N) is 4. The number of thiophene rings is 1. The Hall–Kier alpha value is -3.52. The van der Waals surface area contributed by atoms with Gasteiger partial charge in [0.25, 0.3) is 5.91 Å². The fraction of sp³-hybridized carbons (Fsp3) is 0.100. The average Bonchev–Trinajstić information content (AvgIpc) is 3.46. The Morgan fingerprint density at radius 2 is 1.89 bits per heavy atom. The number of amides is 1. The van der Waals surface area contributed by atoms with Crippen LogP contribution in [0.15, 0.2) is 78.4 Å². The van der Waals surface area contributed by atoms with Gasteiger partial charge in [0, 0.05) is 4.88 Å². The maximum atomic E-state index is 12.5. The van der Waals surface area contributed by atoms with Crippen molar-refractivity contribution < 1.29 is 9.53 Å². The molecule has 2 aromatic heterocycles. The Morgan fingerprint density at radius 1 is 1.07 bits per heavy atom. The molecular weight excluding hydrogens is 374 g/mol. The van der Waals surface area contributed by atoms with Gasteiger partial charge in [0.05, 0.1) is 11.7 Å². The van der Waals surface area contributed by atoms with Gasteiger partial charge in [-0.15, -0.1) is 16.4 Å². The highest BCUT2D eigenvalue weighted by atomic mass is 32.1. The zero-order valence-electron chi connectivity index (χ0n) is 14.8.